The minimum atomic E-state index is -0.545. The Labute approximate surface area is 155 Å². The smallest absolute Gasteiger partial charge is 0.413 e. The van der Waals surface area contributed by atoms with E-state index < -0.39 is 6.09 Å². The number of amides is 1. The Balaban J connectivity index is 1.56. The zero-order valence-electron chi connectivity index (χ0n) is 14.1. The first kappa shape index (κ1) is 17.7. The second kappa shape index (κ2) is 8.34. The Kier molecular flexibility index (Phi) is 5.91. The summed E-state index contributed by atoms with van der Waals surface area (Å²) in [5.74, 6) is 1.68. The summed E-state index contributed by atoms with van der Waals surface area (Å²) in [7, 11) is 0. The second-order valence-electron chi connectivity index (χ2n) is 6.20. The lowest BCUT2D eigenvalue weighted by molar-refractivity contribution is 0.0981. The Bertz CT molecular complexity index is 720. The molecule has 1 aliphatic carbocycles. The lowest BCUT2D eigenvalue weighted by Gasteiger charge is -2.31. The highest BCUT2D eigenvalue weighted by Crippen LogP contribution is 2.34. The van der Waals surface area contributed by atoms with Crippen LogP contribution in [0.5, 0.6) is 5.75 Å². The summed E-state index contributed by atoms with van der Waals surface area (Å²) < 4.78 is 12.0. The van der Waals surface area contributed by atoms with E-state index >= 15 is 0 Å². The Morgan fingerprint density at radius 2 is 2.12 bits per heavy atom. The number of hydrogen-bond acceptors (Lipinski definition) is 4. The van der Waals surface area contributed by atoms with E-state index in [0.29, 0.717) is 17.5 Å². The first-order chi connectivity index (χ1) is 12.1. The molecule has 1 aromatic heterocycles. The van der Waals surface area contributed by atoms with Gasteiger partial charge in [0.25, 0.3) is 0 Å². The highest BCUT2D eigenvalue weighted by Gasteiger charge is 2.26. The van der Waals surface area contributed by atoms with Gasteiger partial charge in [0.2, 0.25) is 0 Å². The molecule has 1 saturated carbocycles. The summed E-state index contributed by atoms with van der Waals surface area (Å²) in [5, 5.41) is 2.64. The van der Waals surface area contributed by atoms with Gasteiger partial charge < -0.3 is 9.47 Å². The fourth-order valence-corrected chi connectivity index (χ4v) is 2.96. The zero-order valence-corrected chi connectivity index (χ0v) is 15.7. The number of carbonyl (C=O) groups is 1. The SMILES string of the molecule is CC(Oc1cc(NC(=O)OCc2ccccc2)ncc1Br)C1CCC1. The second-order valence-corrected chi connectivity index (χ2v) is 7.05. The normalized spacial score (nSPS) is 15.1. The van der Waals surface area contributed by atoms with Gasteiger partial charge in [-0.1, -0.05) is 36.8 Å². The topological polar surface area (TPSA) is 60.5 Å². The highest BCUT2D eigenvalue weighted by molar-refractivity contribution is 9.10. The van der Waals surface area contributed by atoms with Crippen molar-refractivity contribution in [2.45, 2.75) is 38.9 Å². The molecule has 0 bridgehead atoms. The largest absolute Gasteiger partial charge is 0.489 e. The van der Waals surface area contributed by atoms with Crippen molar-refractivity contribution in [1.82, 2.24) is 4.98 Å². The zero-order chi connectivity index (χ0) is 17.6. The number of nitrogens with one attached hydrogen (secondary N) is 1. The van der Waals surface area contributed by atoms with Crippen LogP contribution < -0.4 is 10.1 Å². The maximum Gasteiger partial charge on any atom is 0.413 e. The number of pyridine rings is 1. The van der Waals surface area contributed by atoms with Crippen molar-refractivity contribution in [3.63, 3.8) is 0 Å². The molecule has 1 fully saturated rings. The molecule has 0 aliphatic heterocycles. The van der Waals surface area contributed by atoms with Crippen LogP contribution in [0.25, 0.3) is 0 Å². The Morgan fingerprint density at radius 3 is 2.80 bits per heavy atom. The average Bonchev–Trinajstić information content (AvgIpc) is 2.55. The fourth-order valence-electron chi connectivity index (χ4n) is 2.65. The van der Waals surface area contributed by atoms with Gasteiger partial charge in [-0.25, -0.2) is 9.78 Å². The van der Waals surface area contributed by atoms with Crippen LogP contribution in [0.3, 0.4) is 0 Å². The number of benzene rings is 1. The van der Waals surface area contributed by atoms with Gasteiger partial charge in [-0.15, -0.1) is 0 Å². The molecule has 5 nitrogen and oxygen atoms in total. The van der Waals surface area contributed by atoms with E-state index in [1.165, 1.54) is 19.3 Å². The summed E-state index contributed by atoms with van der Waals surface area (Å²) in [4.78, 5) is 16.1. The van der Waals surface area contributed by atoms with Crippen molar-refractivity contribution in [2.24, 2.45) is 5.92 Å². The first-order valence-corrected chi connectivity index (χ1v) is 9.21. The van der Waals surface area contributed by atoms with Crippen LogP contribution in [0.4, 0.5) is 10.6 Å². The first-order valence-electron chi connectivity index (χ1n) is 8.41. The summed E-state index contributed by atoms with van der Waals surface area (Å²) >= 11 is 3.44. The predicted molar refractivity (Wildman–Crippen MR) is 99.6 cm³/mol. The van der Waals surface area contributed by atoms with Gasteiger partial charge in [-0.3, -0.25) is 5.32 Å². The molecule has 1 aliphatic rings. The Morgan fingerprint density at radius 1 is 1.36 bits per heavy atom. The molecule has 1 aromatic carbocycles. The number of ether oxygens (including phenoxy) is 2. The van der Waals surface area contributed by atoms with E-state index in [4.69, 9.17) is 9.47 Å². The average molecular weight is 405 g/mol. The van der Waals surface area contributed by atoms with Crippen molar-refractivity contribution in [2.75, 3.05) is 5.32 Å². The lowest BCUT2D eigenvalue weighted by atomic mass is 9.82. The number of rotatable bonds is 6. The Hall–Kier alpha value is -2.08. The van der Waals surface area contributed by atoms with E-state index in [1.54, 1.807) is 12.3 Å². The summed E-state index contributed by atoms with van der Waals surface area (Å²) in [6, 6.07) is 11.2. The van der Waals surface area contributed by atoms with Crippen LogP contribution in [0, 0.1) is 5.92 Å². The molecule has 0 saturated heterocycles. The molecule has 1 atom stereocenters. The van der Waals surface area contributed by atoms with Crippen molar-refractivity contribution < 1.29 is 14.3 Å². The van der Waals surface area contributed by atoms with E-state index in [9.17, 15) is 4.79 Å². The fraction of sp³-hybridized carbons (Fsp3) is 0.368. The maximum absolute atomic E-state index is 11.9. The van der Waals surface area contributed by atoms with Crippen LogP contribution in [0.2, 0.25) is 0 Å². The van der Waals surface area contributed by atoms with E-state index in [1.807, 2.05) is 30.3 Å². The number of carbonyl (C=O) groups excluding carboxylic acids is 1. The third kappa shape index (κ3) is 4.95. The number of hydrogen-bond donors (Lipinski definition) is 1. The molecule has 0 radical (unpaired) electrons. The molecule has 0 spiro atoms. The van der Waals surface area contributed by atoms with Crippen molar-refractivity contribution in [3.05, 3.63) is 52.6 Å². The standard InChI is InChI=1S/C19H21BrN2O3/c1-13(15-8-5-9-15)25-17-10-18(21-11-16(17)20)22-19(23)24-12-14-6-3-2-4-7-14/h2-4,6-7,10-11,13,15H,5,8-9,12H2,1H3,(H,21,22,23). The van der Waals surface area contributed by atoms with Crippen molar-refractivity contribution >= 4 is 27.8 Å². The van der Waals surface area contributed by atoms with Crippen molar-refractivity contribution in [3.8, 4) is 5.75 Å². The van der Waals surface area contributed by atoms with Crippen molar-refractivity contribution in [1.29, 1.82) is 0 Å². The molecule has 1 amide bonds. The van der Waals surface area contributed by atoms with E-state index in [2.05, 4.69) is 33.2 Å². The molecule has 1 unspecified atom stereocenters. The van der Waals surface area contributed by atoms with Crippen LogP contribution >= 0.6 is 15.9 Å². The third-order valence-electron chi connectivity index (χ3n) is 4.39. The van der Waals surface area contributed by atoms with Crippen LogP contribution in [-0.4, -0.2) is 17.2 Å². The molecule has 3 rings (SSSR count). The molecular formula is C19H21BrN2O3. The number of aromatic nitrogens is 1. The van der Waals surface area contributed by atoms with Gasteiger partial charge >= 0.3 is 6.09 Å². The van der Waals surface area contributed by atoms with Gasteiger partial charge in [0, 0.05) is 12.3 Å². The van der Waals surface area contributed by atoms with Gasteiger partial charge in [-0.2, -0.15) is 0 Å². The van der Waals surface area contributed by atoms with E-state index in [-0.39, 0.29) is 12.7 Å². The monoisotopic (exact) mass is 404 g/mol. The number of halogens is 1. The summed E-state index contributed by atoms with van der Waals surface area (Å²) in [6.45, 7) is 2.29. The third-order valence-corrected chi connectivity index (χ3v) is 4.99. The molecule has 2 aromatic rings. The molecule has 132 valence electrons. The molecule has 1 N–H and O–H groups in total. The minimum absolute atomic E-state index is 0.144. The van der Waals surface area contributed by atoms with Crippen LogP contribution in [-0.2, 0) is 11.3 Å². The quantitative estimate of drug-likeness (QED) is 0.721. The van der Waals surface area contributed by atoms with E-state index in [0.717, 1.165) is 10.0 Å². The molecule has 25 heavy (non-hydrogen) atoms. The van der Waals surface area contributed by atoms with Gasteiger partial charge in [-0.05, 0) is 47.2 Å². The highest BCUT2D eigenvalue weighted by atomic mass is 79.9. The maximum atomic E-state index is 11.9. The number of nitrogens with zero attached hydrogens (tertiary/aromatic N) is 1. The lowest BCUT2D eigenvalue weighted by Crippen LogP contribution is -2.29. The minimum Gasteiger partial charge on any atom is -0.489 e. The molecule has 1 heterocycles. The van der Waals surface area contributed by atoms with Gasteiger partial charge in [0.05, 0.1) is 10.6 Å². The predicted octanol–water partition coefficient (Wildman–Crippen LogP) is 5.16. The van der Waals surface area contributed by atoms with Crippen LogP contribution in [0.1, 0.15) is 31.7 Å². The number of anilines is 1. The van der Waals surface area contributed by atoms with Crippen LogP contribution in [0.15, 0.2) is 47.1 Å². The molecule has 6 heteroatoms. The summed E-state index contributed by atoms with van der Waals surface area (Å²) in [6.07, 6.45) is 4.91. The van der Waals surface area contributed by atoms with Gasteiger partial charge in [0.15, 0.2) is 0 Å². The summed E-state index contributed by atoms with van der Waals surface area (Å²) in [5.41, 5.74) is 0.930. The molecular weight excluding hydrogens is 384 g/mol. The van der Waals surface area contributed by atoms with Gasteiger partial charge in [0.1, 0.15) is 18.2 Å².